The first-order valence-corrected chi connectivity index (χ1v) is 7.76. The van der Waals surface area contributed by atoms with Crippen LogP contribution in [0.3, 0.4) is 0 Å². The molecular weight excluding hydrogens is 232 g/mol. The molecule has 108 valence electrons. The van der Waals surface area contributed by atoms with Gasteiger partial charge < -0.3 is 10.6 Å². The number of para-hydroxylation sites is 1. The van der Waals surface area contributed by atoms with Crippen LogP contribution in [0.2, 0.25) is 0 Å². The molecule has 0 aliphatic carbocycles. The molecule has 1 aromatic rings. The third-order valence-corrected chi connectivity index (χ3v) is 3.96. The normalized spacial score (nSPS) is 12.8. The molecule has 2 heteroatoms. The zero-order chi connectivity index (χ0) is 14.1. The number of unbranched alkanes of at least 4 members (excludes halogenated alkanes) is 1. The average Bonchev–Trinajstić information content (AvgIpc) is 2.43. The number of hydrogen-bond donors (Lipinski definition) is 1. The highest BCUT2D eigenvalue weighted by molar-refractivity contribution is 5.46. The molecule has 0 bridgehead atoms. The van der Waals surface area contributed by atoms with E-state index in [2.05, 4.69) is 37.8 Å². The molecule has 2 N–H and O–H groups in total. The first-order chi connectivity index (χ1) is 9.19. The number of anilines is 1. The molecule has 0 heterocycles. The van der Waals surface area contributed by atoms with Gasteiger partial charge in [-0.15, -0.1) is 0 Å². The Labute approximate surface area is 119 Å². The van der Waals surface area contributed by atoms with Gasteiger partial charge >= 0.3 is 0 Å². The minimum absolute atomic E-state index is 0.694. The van der Waals surface area contributed by atoms with Crippen LogP contribution in [0.25, 0.3) is 0 Å². The molecule has 1 unspecified atom stereocenters. The van der Waals surface area contributed by atoms with Crippen LogP contribution in [0.5, 0.6) is 0 Å². The van der Waals surface area contributed by atoms with Crippen molar-refractivity contribution in [2.75, 3.05) is 18.8 Å². The number of nitrogens with zero attached hydrogens (tertiary/aromatic N) is 1. The smallest absolute Gasteiger partial charge is 0.0346 e. The molecule has 0 radical (unpaired) electrons. The van der Waals surface area contributed by atoms with Crippen molar-refractivity contribution < 1.29 is 0 Å². The summed E-state index contributed by atoms with van der Waals surface area (Å²) in [4.78, 5) is 2.63. The van der Waals surface area contributed by atoms with E-state index < -0.39 is 0 Å². The average molecular weight is 262 g/mol. The number of benzene rings is 1. The third-order valence-electron chi connectivity index (χ3n) is 3.96. The maximum atomic E-state index is 5.99. The fraction of sp³-hybridized carbons (Fsp3) is 0.647. The summed E-state index contributed by atoms with van der Waals surface area (Å²) in [6.07, 6.45) is 6.10. The summed E-state index contributed by atoms with van der Waals surface area (Å²) in [5.41, 5.74) is 8.22. The molecule has 0 aliphatic rings. The lowest BCUT2D eigenvalue weighted by atomic mass is 10.1. The Hall–Kier alpha value is -1.02. The second kappa shape index (κ2) is 8.98. The zero-order valence-corrected chi connectivity index (χ0v) is 12.9. The van der Waals surface area contributed by atoms with Gasteiger partial charge in [-0.3, -0.25) is 0 Å². The first kappa shape index (κ1) is 16.0. The molecule has 0 fully saturated rings. The maximum absolute atomic E-state index is 5.99. The third kappa shape index (κ3) is 5.65. The minimum atomic E-state index is 0.694. The lowest BCUT2D eigenvalue weighted by Crippen LogP contribution is -2.34. The summed E-state index contributed by atoms with van der Waals surface area (Å²) in [5, 5.41) is 0. The van der Waals surface area contributed by atoms with Gasteiger partial charge in [0.25, 0.3) is 0 Å². The van der Waals surface area contributed by atoms with E-state index in [1.165, 1.54) is 44.3 Å². The fourth-order valence-electron chi connectivity index (χ4n) is 2.41. The Morgan fingerprint density at radius 1 is 1.11 bits per heavy atom. The van der Waals surface area contributed by atoms with Crippen molar-refractivity contribution in [1.29, 1.82) is 0 Å². The quantitative estimate of drug-likeness (QED) is 0.679. The standard InChI is InChI=1S/C17H30N2/c1-4-6-13-19(15(3)5-2)14-9-11-16-10-7-8-12-17(16)18/h7-8,10,12,15H,4-6,9,11,13-14,18H2,1-3H3. The molecule has 0 saturated heterocycles. The van der Waals surface area contributed by atoms with Crippen LogP contribution < -0.4 is 5.73 Å². The van der Waals surface area contributed by atoms with E-state index in [9.17, 15) is 0 Å². The predicted molar refractivity (Wildman–Crippen MR) is 85.4 cm³/mol. The molecule has 1 atom stereocenters. The largest absolute Gasteiger partial charge is 0.399 e. The summed E-state index contributed by atoms with van der Waals surface area (Å²) < 4.78 is 0. The van der Waals surface area contributed by atoms with E-state index >= 15 is 0 Å². The highest BCUT2D eigenvalue weighted by Gasteiger charge is 2.11. The van der Waals surface area contributed by atoms with E-state index in [0.717, 1.165) is 12.1 Å². The van der Waals surface area contributed by atoms with Crippen molar-refractivity contribution in [1.82, 2.24) is 4.90 Å². The number of nitrogens with two attached hydrogens (primary N) is 1. The monoisotopic (exact) mass is 262 g/mol. The highest BCUT2D eigenvalue weighted by atomic mass is 15.1. The lowest BCUT2D eigenvalue weighted by molar-refractivity contribution is 0.199. The van der Waals surface area contributed by atoms with Crippen LogP contribution in [0, 0.1) is 0 Å². The second-order valence-electron chi connectivity index (χ2n) is 5.45. The second-order valence-corrected chi connectivity index (χ2v) is 5.45. The summed E-state index contributed by atoms with van der Waals surface area (Å²) in [6, 6.07) is 8.92. The number of aryl methyl sites for hydroxylation is 1. The molecule has 0 spiro atoms. The first-order valence-electron chi connectivity index (χ1n) is 7.76. The van der Waals surface area contributed by atoms with Crippen molar-refractivity contribution in [3.05, 3.63) is 29.8 Å². The number of hydrogen-bond acceptors (Lipinski definition) is 2. The Bertz CT molecular complexity index is 349. The predicted octanol–water partition coefficient (Wildman–Crippen LogP) is 4.10. The summed E-state index contributed by atoms with van der Waals surface area (Å²) >= 11 is 0. The van der Waals surface area contributed by atoms with Crippen LogP contribution in [0.15, 0.2) is 24.3 Å². The topological polar surface area (TPSA) is 29.3 Å². The van der Waals surface area contributed by atoms with Gasteiger partial charge in [0.15, 0.2) is 0 Å². The molecule has 1 aromatic carbocycles. The Morgan fingerprint density at radius 2 is 1.79 bits per heavy atom. The SMILES string of the molecule is CCCCN(CCCc1ccccc1N)C(C)CC. The van der Waals surface area contributed by atoms with Crippen LogP contribution in [-0.4, -0.2) is 24.0 Å². The van der Waals surface area contributed by atoms with Gasteiger partial charge in [0.05, 0.1) is 0 Å². The summed E-state index contributed by atoms with van der Waals surface area (Å²) in [6.45, 7) is 9.30. The van der Waals surface area contributed by atoms with E-state index in [1.54, 1.807) is 0 Å². The minimum Gasteiger partial charge on any atom is -0.399 e. The molecule has 0 saturated carbocycles. The van der Waals surface area contributed by atoms with E-state index in [-0.39, 0.29) is 0 Å². The molecule has 0 amide bonds. The van der Waals surface area contributed by atoms with E-state index in [0.29, 0.717) is 6.04 Å². The van der Waals surface area contributed by atoms with Gasteiger partial charge in [0.2, 0.25) is 0 Å². The maximum Gasteiger partial charge on any atom is 0.0346 e. The summed E-state index contributed by atoms with van der Waals surface area (Å²) in [7, 11) is 0. The molecule has 19 heavy (non-hydrogen) atoms. The van der Waals surface area contributed by atoms with Crippen molar-refractivity contribution in [3.63, 3.8) is 0 Å². The Kier molecular flexibility index (Phi) is 7.57. The van der Waals surface area contributed by atoms with Gasteiger partial charge in [0.1, 0.15) is 0 Å². The highest BCUT2D eigenvalue weighted by Crippen LogP contribution is 2.14. The van der Waals surface area contributed by atoms with Crippen molar-refractivity contribution in [3.8, 4) is 0 Å². The van der Waals surface area contributed by atoms with Crippen molar-refractivity contribution in [2.45, 2.75) is 58.9 Å². The van der Waals surface area contributed by atoms with Gasteiger partial charge in [-0.25, -0.2) is 0 Å². The zero-order valence-electron chi connectivity index (χ0n) is 12.9. The van der Waals surface area contributed by atoms with Crippen LogP contribution in [0.4, 0.5) is 5.69 Å². The molecule has 1 rings (SSSR count). The van der Waals surface area contributed by atoms with E-state index in [4.69, 9.17) is 5.73 Å². The van der Waals surface area contributed by atoms with Gasteiger partial charge in [-0.2, -0.15) is 0 Å². The fourth-order valence-corrected chi connectivity index (χ4v) is 2.41. The van der Waals surface area contributed by atoms with Gasteiger partial charge in [-0.05, 0) is 57.3 Å². The molecule has 0 aliphatic heterocycles. The summed E-state index contributed by atoms with van der Waals surface area (Å²) in [5.74, 6) is 0. The molecule has 0 aromatic heterocycles. The number of nitrogen functional groups attached to an aromatic ring is 1. The van der Waals surface area contributed by atoms with Gasteiger partial charge in [0, 0.05) is 11.7 Å². The molecule has 2 nitrogen and oxygen atoms in total. The number of rotatable bonds is 9. The van der Waals surface area contributed by atoms with Crippen molar-refractivity contribution in [2.24, 2.45) is 0 Å². The van der Waals surface area contributed by atoms with Crippen LogP contribution in [-0.2, 0) is 6.42 Å². The molecular formula is C17H30N2. The van der Waals surface area contributed by atoms with Gasteiger partial charge in [-0.1, -0.05) is 38.5 Å². The van der Waals surface area contributed by atoms with Crippen LogP contribution in [0.1, 0.15) is 52.0 Å². The Morgan fingerprint density at radius 3 is 2.42 bits per heavy atom. The Balaban J connectivity index is 2.41. The van der Waals surface area contributed by atoms with E-state index in [1.807, 2.05) is 12.1 Å². The van der Waals surface area contributed by atoms with Crippen LogP contribution >= 0.6 is 0 Å². The van der Waals surface area contributed by atoms with Crippen molar-refractivity contribution >= 4 is 5.69 Å². The lowest BCUT2D eigenvalue weighted by Gasteiger charge is -2.28.